The Labute approximate surface area is 109 Å². The van der Waals surface area contributed by atoms with Gasteiger partial charge in [-0.1, -0.05) is 30.3 Å². The van der Waals surface area contributed by atoms with Crippen LogP contribution in [0.3, 0.4) is 0 Å². The third-order valence-corrected chi connectivity index (χ3v) is 2.87. The van der Waals surface area contributed by atoms with E-state index in [1.807, 2.05) is 36.5 Å². The molecule has 94 valence electrons. The van der Waals surface area contributed by atoms with Gasteiger partial charge in [-0.3, -0.25) is 4.40 Å². The van der Waals surface area contributed by atoms with E-state index in [0.717, 1.165) is 5.56 Å². The van der Waals surface area contributed by atoms with Crippen molar-refractivity contribution in [3.05, 3.63) is 54.2 Å². The first kappa shape index (κ1) is 11.4. The molecule has 0 aliphatic carbocycles. The van der Waals surface area contributed by atoms with Gasteiger partial charge in [-0.25, -0.2) is 4.79 Å². The smallest absolute Gasteiger partial charge is 0.341 e. The van der Waals surface area contributed by atoms with Crippen LogP contribution in [0.1, 0.15) is 10.4 Å². The van der Waals surface area contributed by atoms with Crippen molar-refractivity contribution in [1.82, 2.24) is 14.6 Å². The lowest BCUT2D eigenvalue weighted by Gasteiger charge is -2.02. The van der Waals surface area contributed by atoms with E-state index in [9.17, 15) is 4.79 Å². The molecule has 0 aliphatic heterocycles. The fourth-order valence-corrected chi connectivity index (χ4v) is 1.97. The molecule has 3 rings (SSSR count). The highest BCUT2D eigenvalue weighted by atomic mass is 16.5. The Kier molecular flexibility index (Phi) is 2.72. The van der Waals surface area contributed by atoms with Gasteiger partial charge in [-0.15, -0.1) is 10.2 Å². The molecule has 1 aromatic carbocycles. The monoisotopic (exact) mass is 253 g/mol. The van der Waals surface area contributed by atoms with Crippen LogP contribution in [-0.4, -0.2) is 27.7 Å². The molecule has 0 saturated carbocycles. The van der Waals surface area contributed by atoms with Crippen molar-refractivity contribution in [1.29, 1.82) is 0 Å². The molecule has 0 amide bonds. The maximum Gasteiger partial charge on any atom is 0.341 e. The zero-order valence-electron chi connectivity index (χ0n) is 10.3. The standard InChI is InChI=1S/C14H11N3O2/c1-19-14(18)11-8-5-9-17-12(15-16-13(11)17)10-6-3-2-4-7-10/h2-9H,1H3. The number of carbonyl (C=O) groups excluding carboxylic acids is 1. The molecule has 5 nitrogen and oxygen atoms in total. The van der Waals surface area contributed by atoms with Gasteiger partial charge in [0, 0.05) is 11.8 Å². The average molecular weight is 253 g/mol. The number of carbonyl (C=O) groups is 1. The van der Waals surface area contributed by atoms with Crippen molar-refractivity contribution in [3.8, 4) is 11.4 Å². The summed E-state index contributed by atoms with van der Waals surface area (Å²) in [6, 6.07) is 13.1. The molecule has 0 fully saturated rings. The first-order chi connectivity index (χ1) is 9.31. The molecule has 0 spiro atoms. The number of methoxy groups -OCH3 is 1. The first-order valence-electron chi connectivity index (χ1n) is 5.79. The summed E-state index contributed by atoms with van der Waals surface area (Å²) in [5, 5.41) is 8.22. The summed E-state index contributed by atoms with van der Waals surface area (Å²) in [6.45, 7) is 0. The fourth-order valence-electron chi connectivity index (χ4n) is 1.97. The topological polar surface area (TPSA) is 56.5 Å². The molecular weight excluding hydrogens is 242 g/mol. The number of aromatic nitrogens is 3. The van der Waals surface area contributed by atoms with Crippen LogP contribution in [0.5, 0.6) is 0 Å². The van der Waals surface area contributed by atoms with Crippen LogP contribution >= 0.6 is 0 Å². The summed E-state index contributed by atoms with van der Waals surface area (Å²) in [4.78, 5) is 11.7. The molecule has 5 heteroatoms. The Morgan fingerprint density at radius 2 is 1.89 bits per heavy atom. The largest absolute Gasteiger partial charge is 0.465 e. The summed E-state index contributed by atoms with van der Waals surface area (Å²) in [6.07, 6.45) is 1.82. The lowest BCUT2D eigenvalue weighted by molar-refractivity contribution is 0.0602. The molecule has 0 aliphatic rings. The van der Waals surface area contributed by atoms with Crippen LogP contribution in [-0.2, 0) is 4.74 Å². The number of fused-ring (bicyclic) bond motifs is 1. The van der Waals surface area contributed by atoms with E-state index < -0.39 is 5.97 Å². The van der Waals surface area contributed by atoms with Crippen LogP contribution in [0.25, 0.3) is 17.0 Å². The maximum atomic E-state index is 11.7. The lowest BCUT2D eigenvalue weighted by atomic mass is 10.2. The van der Waals surface area contributed by atoms with Crippen molar-refractivity contribution < 1.29 is 9.53 Å². The number of rotatable bonds is 2. The minimum atomic E-state index is -0.419. The molecule has 0 N–H and O–H groups in total. The van der Waals surface area contributed by atoms with Gasteiger partial charge in [0.1, 0.15) is 5.56 Å². The summed E-state index contributed by atoms with van der Waals surface area (Å²) >= 11 is 0. The van der Waals surface area contributed by atoms with Crippen LogP contribution in [0.4, 0.5) is 0 Å². The minimum Gasteiger partial charge on any atom is -0.465 e. The highest BCUT2D eigenvalue weighted by Crippen LogP contribution is 2.19. The Bertz CT molecular complexity index is 735. The second-order valence-corrected chi connectivity index (χ2v) is 4.00. The zero-order chi connectivity index (χ0) is 13.2. The maximum absolute atomic E-state index is 11.7. The molecule has 0 unspecified atom stereocenters. The van der Waals surface area contributed by atoms with Gasteiger partial charge >= 0.3 is 5.97 Å². The van der Waals surface area contributed by atoms with Crippen molar-refractivity contribution >= 4 is 11.6 Å². The number of benzene rings is 1. The third-order valence-electron chi connectivity index (χ3n) is 2.87. The molecule has 2 heterocycles. The molecule has 2 aromatic heterocycles. The predicted octanol–water partition coefficient (Wildman–Crippen LogP) is 2.18. The molecule has 0 bridgehead atoms. The Morgan fingerprint density at radius 3 is 2.63 bits per heavy atom. The number of hydrogen-bond acceptors (Lipinski definition) is 4. The second-order valence-electron chi connectivity index (χ2n) is 4.00. The molecule has 0 radical (unpaired) electrons. The number of pyridine rings is 1. The number of nitrogens with zero attached hydrogens (tertiary/aromatic N) is 3. The minimum absolute atomic E-state index is 0.402. The van der Waals surface area contributed by atoms with E-state index in [2.05, 4.69) is 10.2 Å². The van der Waals surface area contributed by atoms with Crippen LogP contribution < -0.4 is 0 Å². The van der Waals surface area contributed by atoms with Crippen molar-refractivity contribution in [2.75, 3.05) is 7.11 Å². The fraction of sp³-hybridized carbons (Fsp3) is 0.0714. The van der Waals surface area contributed by atoms with Gasteiger partial charge in [0.25, 0.3) is 0 Å². The van der Waals surface area contributed by atoms with Gasteiger partial charge in [0.15, 0.2) is 11.5 Å². The quantitative estimate of drug-likeness (QED) is 0.657. The molecule has 0 saturated heterocycles. The van der Waals surface area contributed by atoms with E-state index in [1.54, 1.807) is 16.5 Å². The highest BCUT2D eigenvalue weighted by Gasteiger charge is 2.15. The van der Waals surface area contributed by atoms with Crippen molar-refractivity contribution in [2.24, 2.45) is 0 Å². The van der Waals surface area contributed by atoms with Gasteiger partial charge in [-0.05, 0) is 12.1 Å². The summed E-state index contributed by atoms with van der Waals surface area (Å²) in [7, 11) is 1.35. The van der Waals surface area contributed by atoms with E-state index in [-0.39, 0.29) is 0 Å². The van der Waals surface area contributed by atoms with Gasteiger partial charge in [0.2, 0.25) is 0 Å². The number of ether oxygens (including phenoxy) is 1. The zero-order valence-corrected chi connectivity index (χ0v) is 10.3. The SMILES string of the molecule is COC(=O)c1cccn2c(-c3ccccc3)nnc12. The summed E-state index contributed by atoms with van der Waals surface area (Å²) < 4.78 is 6.52. The normalized spacial score (nSPS) is 10.6. The van der Waals surface area contributed by atoms with Gasteiger partial charge in [-0.2, -0.15) is 0 Å². The Balaban J connectivity index is 2.23. The first-order valence-corrected chi connectivity index (χ1v) is 5.79. The van der Waals surface area contributed by atoms with E-state index >= 15 is 0 Å². The van der Waals surface area contributed by atoms with Gasteiger partial charge in [0.05, 0.1) is 7.11 Å². The lowest BCUT2D eigenvalue weighted by Crippen LogP contribution is -2.04. The van der Waals surface area contributed by atoms with Gasteiger partial charge < -0.3 is 4.74 Å². The number of esters is 1. The third kappa shape index (κ3) is 1.85. The summed E-state index contributed by atoms with van der Waals surface area (Å²) in [5.41, 5.74) is 1.84. The predicted molar refractivity (Wildman–Crippen MR) is 69.8 cm³/mol. The highest BCUT2D eigenvalue weighted by molar-refractivity contribution is 5.95. The van der Waals surface area contributed by atoms with E-state index in [4.69, 9.17) is 4.74 Å². The van der Waals surface area contributed by atoms with E-state index in [0.29, 0.717) is 17.0 Å². The summed E-state index contributed by atoms with van der Waals surface area (Å²) in [5.74, 6) is 0.277. The van der Waals surface area contributed by atoms with Crippen molar-refractivity contribution in [3.63, 3.8) is 0 Å². The van der Waals surface area contributed by atoms with Crippen LogP contribution in [0, 0.1) is 0 Å². The van der Waals surface area contributed by atoms with Crippen molar-refractivity contribution in [2.45, 2.75) is 0 Å². The Hall–Kier alpha value is -2.69. The Morgan fingerprint density at radius 1 is 1.11 bits per heavy atom. The molecule has 0 atom stereocenters. The van der Waals surface area contributed by atoms with Crippen LogP contribution in [0.15, 0.2) is 48.7 Å². The number of hydrogen-bond donors (Lipinski definition) is 0. The van der Waals surface area contributed by atoms with Crippen LogP contribution in [0.2, 0.25) is 0 Å². The molecule has 3 aromatic rings. The molecular formula is C14H11N3O2. The van der Waals surface area contributed by atoms with E-state index in [1.165, 1.54) is 7.11 Å². The molecule has 19 heavy (non-hydrogen) atoms. The average Bonchev–Trinajstić information content (AvgIpc) is 2.91. The second kappa shape index (κ2) is 4.53.